The molecule has 1 aromatic rings. The monoisotopic (exact) mass is 398 g/mol. The van der Waals surface area contributed by atoms with Crippen LogP contribution in [-0.2, 0) is 33.3 Å². The van der Waals surface area contributed by atoms with Crippen molar-refractivity contribution < 1.29 is 38.4 Å². The van der Waals surface area contributed by atoms with Gasteiger partial charge in [-0.15, -0.1) is 0 Å². The highest BCUT2D eigenvalue weighted by atomic mass is 32.2. The third-order valence-electron chi connectivity index (χ3n) is 3.66. The highest BCUT2D eigenvalue weighted by Crippen LogP contribution is 2.35. The van der Waals surface area contributed by atoms with Crippen LogP contribution in [0.3, 0.4) is 0 Å². The number of hydrogen-bond donors (Lipinski definition) is 1. The van der Waals surface area contributed by atoms with E-state index in [4.69, 9.17) is 18.9 Å². The van der Waals surface area contributed by atoms with E-state index in [9.17, 15) is 19.5 Å². The van der Waals surface area contributed by atoms with E-state index in [0.29, 0.717) is 0 Å². The number of esters is 3. The summed E-state index contributed by atoms with van der Waals surface area (Å²) in [5, 5.41) is 10.7. The minimum absolute atomic E-state index is 0.219. The minimum Gasteiger partial charge on any atom is -0.463 e. The highest BCUT2D eigenvalue weighted by Gasteiger charge is 2.50. The van der Waals surface area contributed by atoms with Crippen molar-refractivity contribution in [1.29, 1.82) is 0 Å². The molecule has 8 nitrogen and oxygen atoms in total. The highest BCUT2D eigenvalue weighted by molar-refractivity contribution is 7.99. The van der Waals surface area contributed by atoms with Crippen LogP contribution in [0.1, 0.15) is 20.8 Å². The predicted molar refractivity (Wildman–Crippen MR) is 94.7 cm³/mol. The van der Waals surface area contributed by atoms with E-state index in [1.807, 2.05) is 30.3 Å². The number of rotatable bonds is 6. The molecule has 1 heterocycles. The average molecular weight is 398 g/mol. The molecule has 0 bridgehead atoms. The van der Waals surface area contributed by atoms with Gasteiger partial charge in [0.1, 0.15) is 24.3 Å². The molecule has 2 unspecified atom stereocenters. The number of aliphatic hydroxyl groups is 1. The van der Waals surface area contributed by atoms with Gasteiger partial charge in [0.2, 0.25) is 0 Å². The standard InChI is InChI=1S/C18H22O8S/c1-10(19)23-9-14-16(24-11(2)20)17(25-12(3)21)15(22)18(26-14)27-13-7-5-4-6-8-13/h4-8,14-18,22H,9H2,1-3H3/t14?,15?,16-,17-,18+/m1/s1. The lowest BCUT2D eigenvalue weighted by atomic mass is 9.99. The van der Waals surface area contributed by atoms with Crippen LogP contribution < -0.4 is 0 Å². The molecular formula is C18H22O8S. The first-order valence-corrected chi connectivity index (χ1v) is 9.19. The Morgan fingerprint density at radius 1 is 1.00 bits per heavy atom. The second-order valence-electron chi connectivity index (χ2n) is 5.92. The quantitative estimate of drug-likeness (QED) is 0.560. The van der Waals surface area contributed by atoms with E-state index in [1.54, 1.807) is 0 Å². The van der Waals surface area contributed by atoms with Crippen LogP contribution in [0, 0.1) is 0 Å². The van der Waals surface area contributed by atoms with E-state index in [2.05, 4.69) is 0 Å². The fourth-order valence-electron chi connectivity index (χ4n) is 2.62. The Hall–Kier alpha value is -2.10. The van der Waals surface area contributed by atoms with Gasteiger partial charge in [-0.1, -0.05) is 30.0 Å². The van der Waals surface area contributed by atoms with Crippen molar-refractivity contribution in [1.82, 2.24) is 0 Å². The summed E-state index contributed by atoms with van der Waals surface area (Å²) in [5.74, 6) is -1.83. The smallest absolute Gasteiger partial charge is 0.303 e. The van der Waals surface area contributed by atoms with Gasteiger partial charge < -0.3 is 24.1 Å². The van der Waals surface area contributed by atoms with Crippen molar-refractivity contribution in [3.63, 3.8) is 0 Å². The molecular weight excluding hydrogens is 376 g/mol. The fourth-order valence-corrected chi connectivity index (χ4v) is 3.69. The van der Waals surface area contributed by atoms with E-state index >= 15 is 0 Å². The normalized spacial score (nSPS) is 27.5. The molecule has 1 aliphatic heterocycles. The van der Waals surface area contributed by atoms with Crippen LogP contribution in [0.4, 0.5) is 0 Å². The summed E-state index contributed by atoms with van der Waals surface area (Å²) in [7, 11) is 0. The van der Waals surface area contributed by atoms with Crippen molar-refractivity contribution in [2.75, 3.05) is 6.61 Å². The van der Waals surface area contributed by atoms with Crippen LogP contribution in [0.25, 0.3) is 0 Å². The Morgan fingerprint density at radius 2 is 1.59 bits per heavy atom. The van der Waals surface area contributed by atoms with Crippen molar-refractivity contribution in [2.45, 2.75) is 55.5 Å². The number of thioether (sulfide) groups is 1. The molecule has 1 fully saturated rings. The molecule has 1 aromatic carbocycles. The fraction of sp³-hybridized carbons (Fsp3) is 0.500. The van der Waals surface area contributed by atoms with Crippen molar-refractivity contribution in [3.05, 3.63) is 30.3 Å². The van der Waals surface area contributed by atoms with Crippen LogP contribution in [0.2, 0.25) is 0 Å². The molecule has 0 amide bonds. The number of ether oxygens (including phenoxy) is 4. The predicted octanol–water partition coefficient (Wildman–Crippen LogP) is 1.29. The zero-order chi connectivity index (χ0) is 20.0. The SMILES string of the molecule is CC(=O)OCC1O[C@@H](Sc2ccccc2)C(O)[C@@H](OC(C)=O)[C@@H]1OC(C)=O. The van der Waals surface area contributed by atoms with E-state index in [1.165, 1.54) is 32.5 Å². The van der Waals surface area contributed by atoms with Crippen molar-refractivity contribution in [2.24, 2.45) is 0 Å². The molecule has 0 radical (unpaired) electrons. The van der Waals surface area contributed by atoms with Crippen molar-refractivity contribution >= 4 is 29.7 Å². The van der Waals surface area contributed by atoms with Gasteiger partial charge >= 0.3 is 17.9 Å². The minimum atomic E-state index is -1.27. The molecule has 0 spiro atoms. The molecule has 5 atom stereocenters. The summed E-state index contributed by atoms with van der Waals surface area (Å²) in [6, 6.07) is 9.18. The summed E-state index contributed by atoms with van der Waals surface area (Å²) >= 11 is 1.22. The maximum Gasteiger partial charge on any atom is 0.303 e. The van der Waals surface area contributed by atoms with E-state index in [0.717, 1.165) is 4.90 Å². The van der Waals surface area contributed by atoms with Gasteiger partial charge in [0.25, 0.3) is 0 Å². The summed E-state index contributed by atoms with van der Waals surface area (Å²) in [5.41, 5.74) is -0.830. The third kappa shape index (κ3) is 6.23. The lowest BCUT2D eigenvalue weighted by molar-refractivity contribution is -0.231. The molecule has 0 aromatic heterocycles. The average Bonchev–Trinajstić information content (AvgIpc) is 2.59. The van der Waals surface area contributed by atoms with Crippen LogP contribution >= 0.6 is 11.8 Å². The first kappa shape index (κ1) is 21.2. The molecule has 27 heavy (non-hydrogen) atoms. The molecule has 0 saturated carbocycles. The van der Waals surface area contributed by atoms with Gasteiger partial charge in [-0.25, -0.2) is 0 Å². The molecule has 0 aliphatic carbocycles. The molecule has 1 aliphatic rings. The summed E-state index contributed by atoms with van der Waals surface area (Å²) in [4.78, 5) is 35.0. The lowest BCUT2D eigenvalue weighted by Gasteiger charge is -2.42. The lowest BCUT2D eigenvalue weighted by Crippen LogP contribution is -2.60. The number of carbonyl (C=O) groups excluding carboxylic acids is 3. The van der Waals surface area contributed by atoms with Gasteiger partial charge in [-0.2, -0.15) is 0 Å². The summed E-state index contributed by atoms with van der Waals surface area (Å²) < 4.78 is 21.3. The maximum absolute atomic E-state index is 11.5. The first-order valence-electron chi connectivity index (χ1n) is 8.31. The van der Waals surface area contributed by atoms with Crippen molar-refractivity contribution in [3.8, 4) is 0 Å². The van der Waals surface area contributed by atoms with Crippen LogP contribution in [-0.4, -0.2) is 59.5 Å². The Morgan fingerprint density at radius 3 is 2.15 bits per heavy atom. The first-order chi connectivity index (χ1) is 12.8. The van der Waals surface area contributed by atoms with E-state index in [-0.39, 0.29) is 6.61 Å². The van der Waals surface area contributed by atoms with E-state index < -0.39 is 47.8 Å². The maximum atomic E-state index is 11.5. The molecule has 1 N–H and O–H groups in total. The second-order valence-corrected chi connectivity index (χ2v) is 7.09. The van der Waals surface area contributed by atoms with Gasteiger partial charge in [-0.05, 0) is 12.1 Å². The zero-order valence-electron chi connectivity index (χ0n) is 15.2. The molecule has 1 saturated heterocycles. The van der Waals surface area contributed by atoms with Gasteiger partial charge in [0, 0.05) is 25.7 Å². The van der Waals surface area contributed by atoms with Crippen LogP contribution in [0.5, 0.6) is 0 Å². The Labute approximate surface area is 161 Å². The topological polar surface area (TPSA) is 108 Å². The summed E-state index contributed by atoms with van der Waals surface area (Å²) in [6.07, 6.45) is -4.46. The molecule has 9 heteroatoms. The van der Waals surface area contributed by atoms with Gasteiger partial charge in [0.05, 0.1) is 0 Å². The number of hydrogen-bond acceptors (Lipinski definition) is 9. The number of benzene rings is 1. The number of carbonyl (C=O) groups is 3. The zero-order valence-corrected chi connectivity index (χ0v) is 16.0. The summed E-state index contributed by atoms with van der Waals surface area (Å²) in [6.45, 7) is 3.39. The second kappa shape index (κ2) is 9.72. The third-order valence-corrected chi connectivity index (χ3v) is 4.83. The molecule has 148 valence electrons. The Bertz CT molecular complexity index is 665. The van der Waals surface area contributed by atoms with Crippen LogP contribution in [0.15, 0.2) is 35.2 Å². The number of aliphatic hydroxyl groups excluding tert-OH is 1. The Balaban J connectivity index is 2.27. The Kier molecular flexibility index (Phi) is 7.64. The van der Waals surface area contributed by atoms with Gasteiger partial charge in [-0.3, -0.25) is 14.4 Å². The largest absolute Gasteiger partial charge is 0.463 e. The van der Waals surface area contributed by atoms with Gasteiger partial charge in [0.15, 0.2) is 12.2 Å². The molecule has 2 rings (SSSR count).